The molecule has 2 aromatic carbocycles. The molecule has 0 aliphatic heterocycles. The number of hydrogen-bond donors (Lipinski definition) is 1. The van der Waals surface area contributed by atoms with Crippen LogP contribution in [0.15, 0.2) is 48.5 Å². The summed E-state index contributed by atoms with van der Waals surface area (Å²) in [5.41, 5.74) is 3.87. The fraction of sp³-hybridized carbons (Fsp3) is 0.381. The van der Waals surface area contributed by atoms with Crippen LogP contribution in [0.5, 0.6) is 5.75 Å². The molecule has 4 nitrogen and oxygen atoms in total. The Morgan fingerprint density at radius 2 is 1.68 bits per heavy atom. The highest BCUT2D eigenvalue weighted by atomic mass is 16.5. The van der Waals surface area contributed by atoms with Crippen LogP contribution in [-0.2, 0) is 23.3 Å². The van der Waals surface area contributed by atoms with E-state index in [9.17, 15) is 4.79 Å². The minimum absolute atomic E-state index is 0.167. The number of carboxylic acid groups (broad SMARTS) is 1. The van der Waals surface area contributed by atoms with Crippen LogP contribution in [-0.4, -0.2) is 29.6 Å². The molecule has 0 heterocycles. The standard InChI is InChI=1S/C21H27NO3/c1-21(2,3)18-10-8-16(9-11-18)13-22(4)14-17-6-5-7-19(12-17)25-15-20(23)24/h5-12H,13-15H2,1-4H3,(H,23,24). The third-order valence-corrected chi connectivity index (χ3v) is 3.99. The van der Waals surface area contributed by atoms with Crippen molar-refractivity contribution < 1.29 is 14.6 Å². The predicted molar refractivity (Wildman–Crippen MR) is 99.9 cm³/mol. The molecule has 25 heavy (non-hydrogen) atoms. The zero-order valence-electron chi connectivity index (χ0n) is 15.5. The van der Waals surface area contributed by atoms with Crippen molar-refractivity contribution in [1.29, 1.82) is 0 Å². The summed E-state index contributed by atoms with van der Waals surface area (Å²) in [6, 6.07) is 16.3. The van der Waals surface area contributed by atoms with Crippen molar-refractivity contribution >= 4 is 5.97 Å². The molecule has 0 bridgehead atoms. The maximum Gasteiger partial charge on any atom is 0.341 e. The minimum atomic E-state index is -0.971. The average molecular weight is 341 g/mol. The summed E-state index contributed by atoms with van der Waals surface area (Å²) in [6.45, 7) is 7.95. The fourth-order valence-electron chi connectivity index (χ4n) is 2.67. The minimum Gasteiger partial charge on any atom is -0.482 e. The van der Waals surface area contributed by atoms with Gasteiger partial charge in [-0.3, -0.25) is 4.90 Å². The summed E-state index contributed by atoms with van der Waals surface area (Å²) in [5, 5.41) is 8.69. The lowest BCUT2D eigenvalue weighted by Gasteiger charge is -2.21. The highest BCUT2D eigenvalue weighted by molar-refractivity contribution is 5.68. The summed E-state index contributed by atoms with van der Waals surface area (Å²) in [4.78, 5) is 12.8. The molecule has 0 spiro atoms. The second-order valence-electron chi connectivity index (χ2n) is 7.45. The van der Waals surface area contributed by atoms with Crippen LogP contribution in [0.2, 0.25) is 0 Å². The number of rotatable bonds is 7. The summed E-state index contributed by atoms with van der Waals surface area (Å²) < 4.78 is 5.23. The SMILES string of the molecule is CN(Cc1ccc(C(C)(C)C)cc1)Cc1cccc(OCC(=O)O)c1. The molecule has 0 saturated carbocycles. The molecular weight excluding hydrogens is 314 g/mol. The first-order chi connectivity index (χ1) is 11.7. The van der Waals surface area contributed by atoms with Gasteiger partial charge in [-0.1, -0.05) is 57.2 Å². The normalized spacial score (nSPS) is 11.6. The molecule has 0 atom stereocenters. The first-order valence-corrected chi connectivity index (χ1v) is 8.45. The first-order valence-electron chi connectivity index (χ1n) is 8.45. The van der Waals surface area contributed by atoms with E-state index in [0.29, 0.717) is 5.75 Å². The molecule has 0 aromatic heterocycles. The Bertz CT molecular complexity index is 702. The number of carboxylic acids is 1. The van der Waals surface area contributed by atoms with Gasteiger partial charge in [-0.2, -0.15) is 0 Å². The number of benzene rings is 2. The van der Waals surface area contributed by atoms with Crippen LogP contribution in [0, 0.1) is 0 Å². The molecule has 0 fully saturated rings. The van der Waals surface area contributed by atoms with Crippen LogP contribution in [0.25, 0.3) is 0 Å². The number of nitrogens with zero attached hydrogens (tertiary/aromatic N) is 1. The van der Waals surface area contributed by atoms with Crippen LogP contribution in [0.3, 0.4) is 0 Å². The topological polar surface area (TPSA) is 49.8 Å². The first kappa shape index (κ1) is 19.0. The molecule has 0 radical (unpaired) electrons. The molecule has 0 saturated heterocycles. The summed E-state index contributed by atoms with van der Waals surface area (Å²) in [6.07, 6.45) is 0. The van der Waals surface area contributed by atoms with Crippen LogP contribution in [0.1, 0.15) is 37.5 Å². The molecule has 4 heteroatoms. The quantitative estimate of drug-likeness (QED) is 0.824. The van der Waals surface area contributed by atoms with E-state index in [-0.39, 0.29) is 12.0 Å². The monoisotopic (exact) mass is 341 g/mol. The van der Waals surface area contributed by atoms with Crippen molar-refractivity contribution in [3.8, 4) is 5.75 Å². The van der Waals surface area contributed by atoms with Gasteiger partial charge in [-0.25, -0.2) is 4.79 Å². The molecule has 134 valence electrons. The van der Waals surface area contributed by atoms with Crippen molar-refractivity contribution in [2.24, 2.45) is 0 Å². The van der Waals surface area contributed by atoms with E-state index >= 15 is 0 Å². The van der Waals surface area contributed by atoms with E-state index in [1.54, 1.807) is 6.07 Å². The molecular formula is C21H27NO3. The average Bonchev–Trinajstić information content (AvgIpc) is 2.53. The molecule has 0 amide bonds. The highest BCUT2D eigenvalue weighted by Gasteiger charge is 2.13. The van der Waals surface area contributed by atoms with Crippen molar-refractivity contribution in [2.75, 3.05) is 13.7 Å². The van der Waals surface area contributed by atoms with E-state index in [0.717, 1.165) is 18.7 Å². The lowest BCUT2D eigenvalue weighted by Crippen LogP contribution is -2.18. The van der Waals surface area contributed by atoms with Gasteiger partial charge in [0.25, 0.3) is 0 Å². The van der Waals surface area contributed by atoms with E-state index < -0.39 is 5.97 Å². The zero-order valence-corrected chi connectivity index (χ0v) is 15.5. The van der Waals surface area contributed by atoms with Gasteiger partial charge in [0, 0.05) is 13.1 Å². The second kappa shape index (κ2) is 8.17. The van der Waals surface area contributed by atoms with Gasteiger partial charge in [-0.05, 0) is 41.3 Å². The lowest BCUT2D eigenvalue weighted by molar-refractivity contribution is -0.139. The Kier molecular flexibility index (Phi) is 6.21. The van der Waals surface area contributed by atoms with Crippen LogP contribution < -0.4 is 4.74 Å². The third kappa shape index (κ3) is 6.24. The van der Waals surface area contributed by atoms with Crippen molar-refractivity contribution in [1.82, 2.24) is 4.90 Å². The Balaban J connectivity index is 1.94. The van der Waals surface area contributed by atoms with E-state index in [1.165, 1.54) is 11.1 Å². The van der Waals surface area contributed by atoms with Gasteiger partial charge in [0.15, 0.2) is 6.61 Å². The molecule has 1 N–H and O–H groups in total. The number of carbonyl (C=O) groups is 1. The van der Waals surface area contributed by atoms with Gasteiger partial charge in [0.1, 0.15) is 5.75 Å². The van der Waals surface area contributed by atoms with E-state index in [4.69, 9.17) is 9.84 Å². The zero-order chi connectivity index (χ0) is 18.4. The molecule has 0 aliphatic carbocycles. The van der Waals surface area contributed by atoms with Crippen LogP contribution in [0.4, 0.5) is 0 Å². The molecule has 0 aliphatic rings. The van der Waals surface area contributed by atoms with Gasteiger partial charge < -0.3 is 9.84 Å². The summed E-state index contributed by atoms with van der Waals surface area (Å²) in [5.74, 6) is -0.385. The van der Waals surface area contributed by atoms with Crippen LogP contribution >= 0.6 is 0 Å². The molecule has 2 rings (SSSR count). The Labute approximate surface area is 150 Å². The second-order valence-corrected chi connectivity index (χ2v) is 7.45. The molecule has 2 aromatic rings. The maximum absolute atomic E-state index is 10.6. The van der Waals surface area contributed by atoms with Crippen molar-refractivity contribution in [2.45, 2.75) is 39.3 Å². The Hall–Kier alpha value is -2.33. The summed E-state index contributed by atoms with van der Waals surface area (Å²) in [7, 11) is 2.07. The molecule has 0 unspecified atom stereocenters. The maximum atomic E-state index is 10.6. The van der Waals surface area contributed by atoms with Gasteiger partial charge in [-0.15, -0.1) is 0 Å². The Morgan fingerprint density at radius 3 is 2.28 bits per heavy atom. The predicted octanol–water partition coefficient (Wildman–Crippen LogP) is 4.08. The highest BCUT2D eigenvalue weighted by Crippen LogP contribution is 2.22. The fourth-order valence-corrected chi connectivity index (χ4v) is 2.67. The number of aliphatic carboxylic acids is 1. The van der Waals surface area contributed by atoms with Crippen molar-refractivity contribution in [3.05, 3.63) is 65.2 Å². The largest absolute Gasteiger partial charge is 0.482 e. The third-order valence-electron chi connectivity index (χ3n) is 3.99. The number of hydrogen-bond acceptors (Lipinski definition) is 3. The van der Waals surface area contributed by atoms with Gasteiger partial charge >= 0.3 is 5.97 Å². The number of ether oxygens (including phenoxy) is 1. The van der Waals surface area contributed by atoms with Gasteiger partial charge in [0.2, 0.25) is 0 Å². The van der Waals surface area contributed by atoms with Crippen molar-refractivity contribution in [3.63, 3.8) is 0 Å². The Morgan fingerprint density at radius 1 is 1.04 bits per heavy atom. The smallest absolute Gasteiger partial charge is 0.341 e. The van der Waals surface area contributed by atoms with Gasteiger partial charge in [0.05, 0.1) is 0 Å². The van der Waals surface area contributed by atoms with E-state index in [2.05, 4.69) is 57.0 Å². The lowest BCUT2D eigenvalue weighted by atomic mass is 9.87. The summed E-state index contributed by atoms with van der Waals surface area (Å²) >= 11 is 0. The van der Waals surface area contributed by atoms with E-state index in [1.807, 2.05) is 18.2 Å².